The lowest BCUT2D eigenvalue weighted by atomic mass is 9.75. The highest BCUT2D eigenvalue weighted by molar-refractivity contribution is 7.88. The molecular formula is C13H16N2O2S. The average molecular weight is 264 g/mol. The molecule has 0 aliphatic carbocycles. The highest BCUT2D eigenvalue weighted by Crippen LogP contribution is 2.43. The fourth-order valence-electron chi connectivity index (χ4n) is 2.89. The van der Waals surface area contributed by atoms with Gasteiger partial charge in [-0.15, -0.1) is 0 Å². The minimum Gasteiger partial charge on any atom is -0.260 e. The Morgan fingerprint density at radius 3 is 2.56 bits per heavy atom. The van der Waals surface area contributed by atoms with E-state index in [-0.39, 0.29) is 5.41 Å². The van der Waals surface area contributed by atoms with Crippen LogP contribution in [0.15, 0.2) is 29.3 Å². The fourth-order valence-corrected chi connectivity index (χ4v) is 3.73. The first kappa shape index (κ1) is 11.9. The lowest BCUT2D eigenvalue weighted by molar-refractivity contribution is 0.293. The predicted octanol–water partition coefficient (Wildman–Crippen LogP) is 1.70. The maximum absolute atomic E-state index is 11.5. The summed E-state index contributed by atoms with van der Waals surface area (Å²) in [7, 11) is -3.06. The molecule has 0 atom stereocenters. The van der Waals surface area contributed by atoms with Gasteiger partial charge in [0, 0.05) is 24.7 Å². The Morgan fingerprint density at radius 1 is 1.22 bits per heavy atom. The van der Waals surface area contributed by atoms with Crippen LogP contribution in [0.2, 0.25) is 0 Å². The van der Waals surface area contributed by atoms with Gasteiger partial charge < -0.3 is 0 Å². The van der Waals surface area contributed by atoms with Gasteiger partial charge >= 0.3 is 0 Å². The molecule has 2 aliphatic rings. The van der Waals surface area contributed by atoms with E-state index in [1.165, 1.54) is 11.8 Å². The maximum Gasteiger partial charge on any atom is 0.211 e. The normalized spacial score (nSPS) is 22.3. The van der Waals surface area contributed by atoms with Crippen LogP contribution >= 0.6 is 0 Å². The molecule has 0 unspecified atom stereocenters. The van der Waals surface area contributed by atoms with Crippen LogP contribution in [0.1, 0.15) is 18.4 Å². The molecule has 3 rings (SSSR count). The topological polar surface area (TPSA) is 49.7 Å². The monoisotopic (exact) mass is 264 g/mol. The molecule has 5 heteroatoms. The molecule has 0 bridgehead atoms. The first-order valence-electron chi connectivity index (χ1n) is 6.11. The summed E-state index contributed by atoms with van der Waals surface area (Å²) in [5, 5.41) is 0. The van der Waals surface area contributed by atoms with E-state index >= 15 is 0 Å². The van der Waals surface area contributed by atoms with Crippen molar-refractivity contribution in [3.63, 3.8) is 0 Å². The highest BCUT2D eigenvalue weighted by atomic mass is 32.2. The van der Waals surface area contributed by atoms with E-state index in [0.717, 1.165) is 18.5 Å². The van der Waals surface area contributed by atoms with Gasteiger partial charge in [0.05, 0.1) is 11.9 Å². The number of piperidine rings is 1. The Morgan fingerprint density at radius 2 is 1.89 bits per heavy atom. The van der Waals surface area contributed by atoms with E-state index in [4.69, 9.17) is 0 Å². The molecule has 4 nitrogen and oxygen atoms in total. The van der Waals surface area contributed by atoms with Gasteiger partial charge in [0.2, 0.25) is 10.0 Å². The number of para-hydroxylation sites is 1. The smallest absolute Gasteiger partial charge is 0.211 e. The van der Waals surface area contributed by atoms with Crippen LogP contribution in [-0.2, 0) is 15.4 Å². The van der Waals surface area contributed by atoms with Gasteiger partial charge in [-0.25, -0.2) is 12.7 Å². The SMILES string of the molecule is CS(=O)(=O)N1CCC2(C=Nc3ccccc32)CC1. The third-order valence-corrected chi connectivity index (χ3v) is 5.28. The van der Waals surface area contributed by atoms with Crippen LogP contribution < -0.4 is 0 Å². The lowest BCUT2D eigenvalue weighted by Crippen LogP contribution is -2.44. The van der Waals surface area contributed by atoms with Crippen LogP contribution in [0.5, 0.6) is 0 Å². The number of aliphatic imine (C=N–C) groups is 1. The van der Waals surface area contributed by atoms with Gasteiger partial charge in [-0.2, -0.15) is 0 Å². The van der Waals surface area contributed by atoms with Crippen molar-refractivity contribution in [1.82, 2.24) is 4.31 Å². The van der Waals surface area contributed by atoms with Crippen LogP contribution in [0.25, 0.3) is 0 Å². The van der Waals surface area contributed by atoms with Gasteiger partial charge in [0.15, 0.2) is 0 Å². The standard InChI is InChI=1S/C13H16N2O2S/c1-18(16,17)15-8-6-13(7-9-15)10-14-12-5-3-2-4-11(12)13/h2-5,10H,6-9H2,1H3. The Balaban J connectivity index is 1.88. The van der Waals surface area contributed by atoms with Crippen molar-refractivity contribution in [3.05, 3.63) is 29.8 Å². The summed E-state index contributed by atoms with van der Waals surface area (Å²) < 4.78 is 24.6. The summed E-state index contributed by atoms with van der Waals surface area (Å²) in [4.78, 5) is 4.47. The minimum atomic E-state index is -3.06. The van der Waals surface area contributed by atoms with E-state index in [9.17, 15) is 8.42 Å². The molecule has 1 aromatic rings. The third kappa shape index (κ3) is 1.78. The first-order chi connectivity index (χ1) is 8.51. The van der Waals surface area contributed by atoms with Gasteiger partial charge in [-0.3, -0.25) is 4.99 Å². The second-order valence-electron chi connectivity index (χ2n) is 5.09. The molecule has 0 aromatic heterocycles. The number of fused-ring (bicyclic) bond motifs is 2. The molecule has 1 aromatic carbocycles. The van der Waals surface area contributed by atoms with Gasteiger partial charge in [-0.05, 0) is 24.5 Å². The quantitative estimate of drug-likeness (QED) is 0.775. The number of rotatable bonds is 1. The molecule has 0 N–H and O–H groups in total. The summed E-state index contributed by atoms with van der Waals surface area (Å²) >= 11 is 0. The predicted molar refractivity (Wildman–Crippen MR) is 71.9 cm³/mol. The largest absolute Gasteiger partial charge is 0.260 e. The van der Waals surface area contributed by atoms with Gasteiger partial charge in [0.25, 0.3) is 0 Å². The number of sulfonamides is 1. The molecule has 18 heavy (non-hydrogen) atoms. The van der Waals surface area contributed by atoms with Crippen molar-refractivity contribution in [3.8, 4) is 0 Å². The maximum atomic E-state index is 11.5. The van der Waals surface area contributed by atoms with Crippen molar-refractivity contribution in [1.29, 1.82) is 0 Å². The molecule has 96 valence electrons. The molecule has 1 saturated heterocycles. The second-order valence-corrected chi connectivity index (χ2v) is 7.08. The summed E-state index contributed by atoms with van der Waals surface area (Å²) in [5.74, 6) is 0. The molecule has 1 spiro atoms. The molecule has 0 saturated carbocycles. The Labute approximate surface area is 107 Å². The highest BCUT2D eigenvalue weighted by Gasteiger charge is 2.40. The van der Waals surface area contributed by atoms with E-state index in [0.29, 0.717) is 13.1 Å². The molecule has 2 heterocycles. The Hall–Kier alpha value is -1.20. The summed E-state index contributed by atoms with van der Waals surface area (Å²) in [6, 6.07) is 8.14. The minimum absolute atomic E-state index is 0.0439. The van der Waals surface area contributed by atoms with Crippen LogP contribution in [0.3, 0.4) is 0 Å². The second kappa shape index (κ2) is 3.90. The summed E-state index contributed by atoms with van der Waals surface area (Å²) in [6.45, 7) is 1.17. The van der Waals surface area contributed by atoms with Crippen molar-refractivity contribution < 1.29 is 8.42 Å². The number of hydrogen-bond acceptors (Lipinski definition) is 3. The van der Waals surface area contributed by atoms with Gasteiger partial charge in [0.1, 0.15) is 0 Å². The van der Waals surface area contributed by atoms with Crippen LogP contribution in [0.4, 0.5) is 5.69 Å². The van der Waals surface area contributed by atoms with E-state index < -0.39 is 10.0 Å². The summed E-state index contributed by atoms with van der Waals surface area (Å²) in [6.07, 6.45) is 4.93. The number of hydrogen-bond donors (Lipinski definition) is 0. The van der Waals surface area contributed by atoms with Crippen molar-refractivity contribution in [2.75, 3.05) is 19.3 Å². The van der Waals surface area contributed by atoms with Gasteiger partial charge in [-0.1, -0.05) is 18.2 Å². The molecule has 0 radical (unpaired) electrons. The van der Waals surface area contributed by atoms with Crippen LogP contribution in [0, 0.1) is 0 Å². The van der Waals surface area contributed by atoms with E-state index in [1.54, 1.807) is 4.31 Å². The number of benzene rings is 1. The van der Waals surface area contributed by atoms with Crippen molar-refractivity contribution in [2.45, 2.75) is 18.3 Å². The Kier molecular flexibility index (Phi) is 2.57. The zero-order chi connectivity index (χ0) is 12.8. The molecule has 1 fully saturated rings. The average Bonchev–Trinajstić information content (AvgIpc) is 2.69. The lowest BCUT2D eigenvalue weighted by Gasteiger charge is -2.37. The first-order valence-corrected chi connectivity index (χ1v) is 7.96. The summed E-state index contributed by atoms with van der Waals surface area (Å²) in [5.41, 5.74) is 2.24. The third-order valence-electron chi connectivity index (χ3n) is 3.97. The fraction of sp³-hybridized carbons (Fsp3) is 0.462. The Bertz CT molecular complexity index is 599. The van der Waals surface area contributed by atoms with E-state index in [2.05, 4.69) is 11.1 Å². The van der Waals surface area contributed by atoms with Crippen molar-refractivity contribution >= 4 is 21.9 Å². The van der Waals surface area contributed by atoms with Crippen molar-refractivity contribution in [2.24, 2.45) is 4.99 Å². The van der Waals surface area contributed by atoms with Crippen LogP contribution in [-0.4, -0.2) is 38.3 Å². The number of nitrogens with zero attached hydrogens (tertiary/aromatic N) is 2. The molecular weight excluding hydrogens is 248 g/mol. The molecule has 0 amide bonds. The zero-order valence-corrected chi connectivity index (χ0v) is 11.2. The molecule has 2 aliphatic heterocycles. The zero-order valence-electron chi connectivity index (χ0n) is 10.3. The van der Waals surface area contributed by atoms with E-state index in [1.807, 2.05) is 24.4 Å².